The molecule has 0 aromatic heterocycles. The van der Waals surface area contributed by atoms with Crippen LogP contribution < -0.4 is 5.73 Å². The summed E-state index contributed by atoms with van der Waals surface area (Å²) in [5.74, 6) is -1.27. The van der Waals surface area contributed by atoms with Gasteiger partial charge in [-0.2, -0.15) is 0 Å². The lowest BCUT2D eigenvalue weighted by molar-refractivity contribution is -0.141. The molecular weight excluding hydrogens is 265 g/mol. The Morgan fingerprint density at radius 1 is 1.35 bits per heavy atom. The van der Waals surface area contributed by atoms with Gasteiger partial charge in [0.25, 0.3) is 0 Å². The molecular formula is C14H18FNO4. The zero-order valence-electron chi connectivity index (χ0n) is 11.7. The third-order valence-electron chi connectivity index (χ3n) is 2.25. The van der Waals surface area contributed by atoms with Crippen molar-refractivity contribution < 1.29 is 23.5 Å². The Hall–Kier alpha value is -1.95. The summed E-state index contributed by atoms with van der Waals surface area (Å²) in [5, 5.41) is 0. The Balaban J connectivity index is 2.52. The molecule has 0 amide bonds. The normalized spacial score (nSPS) is 12.7. The molecule has 110 valence electrons. The van der Waals surface area contributed by atoms with Crippen molar-refractivity contribution in [2.45, 2.75) is 38.8 Å². The predicted octanol–water partition coefficient (Wildman–Crippen LogP) is 2.69. The summed E-state index contributed by atoms with van der Waals surface area (Å²) in [6.07, 6.45) is -1.32. The van der Waals surface area contributed by atoms with E-state index in [9.17, 15) is 14.0 Å². The number of ether oxygens (including phenoxy) is 2. The molecule has 0 bridgehead atoms. The van der Waals surface area contributed by atoms with E-state index in [1.807, 2.05) is 0 Å². The molecule has 0 saturated heterocycles. The van der Waals surface area contributed by atoms with E-state index in [0.717, 1.165) is 0 Å². The highest BCUT2D eigenvalue weighted by Gasteiger charge is 2.22. The van der Waals surface area contributed by atoms with E-state index >= 15 is 0 Å². The van der Waals surface area contributed by atoms with Crippen molar-refractivity contribution in [2.75, 3.05) is 0 Å². The molecule has 0 unspecified atom stereocenters. The van der Waals surface area contributed by atoms with Gasteiger partial charge in [0.15, 0.2) is 0 Å². The zero-order chi connectivity index (χ0) is 15.3. The summed E-state index contributed by atoms with van der Waals surface area (Å²) >= 11 is 0. The van der Waals surface area contributed by atoms with Crippen LogP contribution >= 0.6 is 0 Å². The number of hydrogen-bond acceptors (Lipinski definition) is 5. The van der Waals surface area contributed by atoms with Crippen LogP contribution in [-0.4, -0.2) is 17.7 Å². The molecule has 0 saturated carbocycles. The second kappa shape index (κ2) is 6.47. The predicted molar refractivity (Wildman–Crippen MR) is 70.3 cm³/mol. The van der Waals surface area contributed by atoms with E-state index in [-0.39, 0.29) is 6.42 Å². The lowest BCUT2D eigenvalue weighted by Crippen LogP contribution is -2.27. The van der Waals surface area contributed by atoms with E-state index in [4.69, 9.17) is 10.5 Å². The highest BCUT2D eigenvalue weighted by atomic mass is 19.1. The van der Waals surface area contributed by atoms with Crippen molar-refractivity contribution in [1.29, 1.82) is 0 Å². The van der Waals surface area contributed by atoms with Gasteiger partial charge in [0, 0.05) is 6.04 Å². The van der Waals surface area contributed by atoms with Crippen LogP contribution in [0.4, 0.5) is 9.18 Å². The number of carbonyl (C=O) groups is 2. The molecule has 5 nitrogen and oxygen atoms in total. The summed E-state index contributed by atoms with van der Waals surface area (Å²) in [6.45, 7) is 4.95. The maximum Gasteiger partial charge on any atom is 0.516 e. The Kier molecular flexibility index (Phi) is 5.21. The lowest BCUT2D eigenvalue weighted by Gasteiger charge is -2.18. The maximum absolute atomic E-state index is 13.0. The van der Waals surface area contributed by atoms with Gasteiger partial charge >= 0.3 is 12.1 Å². The summed E-state index contributed by atoms with van der Waals surface area (Å²) in [4.78, 5) is 22.8. The van der Waals surface area contributed by atoms with Gasteiger partial charge in [0.1, 0.15) is 11.4 Å². The topological polar surface area (TPSA) is 78.6 Å². The fourth-order valence-corrected chi connectivity index (χ4v) is 1.44. The monoisotopic (exact) mass is 283 g/mol. The van der Waals surface area contributed by atoms with Gasteiger partial charge in [-0.05, 0) is 38.5 Å². The molecule has 0 aliphatic rings. The highest BCUT2D eigenvalue weighted by molar-refractivity contribution is 5.82. The van der Waals surface area contributed by atoms with Gasteiger partial charge < -0.3 is 15.2 Å². The van der Waals surface area contributed by atoms with Crippen LogP contribution in [0.15, 0.2) is 24.3 Å². The van der Waals surface area contributed by atoms with Crippen molar-refractivity contribution in [3.05, 3.63) is 35.6 Å². The van der Waals surface area contributed by atoms with Crippen molar-refractivity contribution in [3.63, 3.8) is 0 Å². The molecule has 0 aliphatic carbocycles. The number of carbonyl (C=O) groups excluding carboxylic acids is 2. The maximum atomic E-state index is 13.0. The van der Waals surface area contributed by atoms with Gasteiger partial charge in [-0.3, -0.25) is 4.79 Å². The molecule has 2 N–H and O–H groups in total. The highest BCUT2D eigenvalue weighted by Crippen LogP contribution is 2.16. The third kappa shape index (κ3) is 5.79. The minimum Gasteiger partial charge on any atom is -0.428 e. The summed E-state index contributed by atoms with van der Waals surface area (Å²) in [6, 6.07) is 4.83. The summed E-state index contributed by atoms with van der Waals surface area (Å²) < 4.78 is 22.3. The number of rotatable bonds is 3. The molecule has 20 heavy (non-hydrogen) atoms. The Morgan fingerprint density at radius 3 is 2.55 bits per heavy atom. The van der Waals surface area contributed by atoms with Crippen molar-refractivity contribution in [2.24, 2.45) is 5.73 Å². The minimum absolute atomic E-state index is 0.247. The lowest BCUT2D eigenvalue weighted by atomic mass is 10.1. The van der Waals surface area contributed by atoms with Crippen LogP contribution in [0.25, 0.3) is 0 Å². The van der Waals surface area contributed by atoms with E-state index in [1.165, 1.54) is 18.2 Å². The van der Waals surface area contributed by atoms with Gasteiger partial charge in [-0.15, -0.1) is 0 Å². The van der Waals surface area contributed by atoms with Crippen molar-refractivity contribution in [3.8, 4) is 0 Å². The third-order valence-corrected chi connectivity index (χ3v) is 2.25. The molecule has 6 heteroatoms. The number of halogens is 1. The average molecular weight is 283 g/mol. The van der Waals surface area contributed by atoms with Crippen LogP contribution in [0.2, 0.25) is 0 Å². The van der Waals surface area contributed by atoms with Gasteiger partial charge in [0.05, 0.1) is 6.42 Å². The molecule has 1 aromatic carbocycles. The number of benzene rings is 1. The van der Waals surface area contributed by atoms with Crippen molar-refractivity contribution in [1.82, 2.24) is 0 Å². The van der Waals surface area contributed by atoms with Crippen molar-refractivity contribution >= 4 is 12.1 Å². The van der Waals surface area contributed by atoms with Gasteiger partial charge in [0.2, 0.25) is 0 Å². The summed E-state index contributed by atoms with van der Waals surface area (Å²) in [7, 11) is 0. The first-order valence-electron chi connectivity index (χ1n) is 6.12. The van der Waals surface area contributed by atoms with E-state index in [2.05, 4.69) is 4.74 Å². The molecule has 0 aliphatic heterocycles. The fraction of sp³-hybridized carbons (Fsp3) is 0.429. The first-order chi connectivity index (χ1) is 9.17. The minimum atomic E-state index is -1.08. The Morgan fingerprint density at radius 2 is 2.00 bits per heavy atom. The van der Waals surface area contributed by atoms with E-state index in [0.29, 0.717) is 5.56 Å². The van der Waals surface area contributed by atoms with Crippen LogP contribution in [0, 0.1) is 5.82 Å². The van der Waals surface area contributed by atoms with Crippen LogP contribution in [-0.2, 0) is 14.3 Å². The first kappa shape index (κ1) is 16.1. The fourth-order valence-electron chi connectivity index (χ4n) is 1.44. The van der Waals surface area contributed by atoms with Crippen LogP contribution in [0.5, 0.6) is 0 Å². The molecule has 1 rings (SSSR count). The second-order valence-corrected chi connectivity index (χ2v) is 5.30. The molecule has 1 aromatic rings. The van der Waals surface area contributed by atoms with Crippen LogP contribution in [0.3, 0.4) is 0 Å². The SMILES string of the molecule is CC(C)(C)OC(=O)OC(=O)C[C@@H](N)c1cccc(F)c1. The molecule has 0 fully saturated rings. The van der Waals surface area contributed by atoms with E-state index < -0.39 is 29.6 Å². The molecule has 1 atom stereocenters. The molecule has 0 heterocycles. The molecule has 0 spiro atoms. The van der Waals surface area contributed by atoms with Gasteiger partial charge in [-0.1, -0.05) is 12.1 Å². The summed E-state index contributed by atoms with van der Waals surface area (Å²) in [5.41, 5.74) is 5.45. The van der Waals surface area contributed by atoms with E-state index in [1.54, 1.807) is 26.8 Å². The standard InChI is InChI=1S/C14H18FNO4/c1-14(2,3)20-13(18)19-12(17)8-11(16)9-5-4-6-10(15)7-9/h4-7,11H,8,16H2,1-3H3/t11-/m1/s1. The number of esters is 1. The quantitative estimate of drug-likeness (QED) is 0.681. The first-order valence-corrected chi connectivity index (χ1v) is 6.12. The molecule has 0 radical (unpaired) electrons. The largest absolute Gasteiger partial charge is 0.516 e. The average Bonchev–Trinajstić information content (AvgIpc) is 2.25. The smallest absolute Gasteiger partial charge is 0.428 e. The Labute approximate surface area is 116 Å². The second-order valence-electron chi connectivity index (χ2n) is 5.30. The number of hydrogen-bond donors (Lipinski definition) is 1. The number of nitrogens with two attached hydrogens (primary N) is 1. The zero-order valence-corrected chi connectivity index (χ0v) is 11.7. The Bertz CT molecular complexity index is 496. The van der Waals surface area contributed by atoms with Gasteiger partial charge in [-0.25, -0.2) is 9.18 Å². The van der Waals surface area contributed by atoms with Crippen LogP contribution in [0.1, 0.15) is 38.8 Å².